The SMILES string of the molecule is CCS(=O)(=O)c1ccccc1C(=O)O[C@H](C)C(N)=O. The third-order valence-corrected chi connectivity index (χ3v) is 4.29. The lowest BCUT2D eigenvalue weighted by Crippen LogP contribution is -2.30. The van der Waals surface area contributed by atoms with E-state index in [1.165, 1.54) is 38.1 Å². The number of ether oxygens (including phenoxy) is 1. The van der Waals surface area contributed by atoms with Crippen molar-refractivity contribution in [2.45, 2.75) is 24.8 Å². The molecule has 7 heteroatoms. The van der Waals surface area contributed by atoms with E-state index in [9.17, 15) is 18.0 Å². The van der Waals surface area contributed by atoms with Crippen LogP contribution in [-0.4, -0.2) is 32.2 Å². The Kier molecular flexibility index (Phi) is 4.66. The molecule has 0 aromatic heterocycles. The van der Waals surface area contributed by atoms with E-state index in [1.54, 1.807) is 0 Å². The molecule has 104 valence electrons. The number of hydrogen-bond acceptors (Lipinski definition) is 5. The quantitative estimate of drug-likeness (QED) is 0.794. The number of rotatable bonds is 5. The Morgan fingerprint density at radius 3 is 2.42 bits per heavy atom. The van der Waals surface area contributed by atoms with Gasteiger partial charge >= 0.3 is 5.97 Å². The van der Waals surface area contributed by atoms with Crippen molar-refractivity contribution in [3.63, 3.8) is 0 Å². The van der Waals surface area contributed by atoms with Crippen molar-refractivity contribution < 1.29 is 22.7 Å². The van der Waals surface area contributed by atoms with Crippen molar-refractivity contribution in [2.24, 2.45) is 5.73 Å². The van der Waals surface area contributed by atoms with Gasteiger partial charge < -0.3 is 10.5 Å². The van der Waals surface area contributed by atoms with E-state index < -0.39 is 27.8 Å². The highest BCUT2D eigenvalue weighted by molar-refractivity contribution is 7.91. The summed E-state index contributed by atoms with van der Waals surface area (Å²) in [4.78, 5) is 22.6. The lowest BCUT2D eigenvalue weighted by Gasteiger charge is -2.12. The highest BCUT2D eigenvalue weighted by Crippen LogP contribution is 2.18. The molecule has 6 nitrogen and oxygen atoms in total. The second-order valence-electron chi connectivity index (χ2n) is 3.85. The molecule has 0 radical (unpaired) electrons. The molecular weight excluding hydrogens is 270 g/mol. The number of esters is 1. The highest BCUT2D eigenvalue weighted by atomic mass is 32.2. The summed E-state index contributed by atoms with van der Waals surface area (Å²) in [6.07, 6.45) is -1.12. The van der Waals surface area contributed by atoms with Crippen LogP contribution in [0, 0.1) is 0 Å². The minimum Gasteiger partial charge on any atom is -0.449 e. The summed E-state index contributed by atoms with van der Waals surface area (Å²) in [6.45, 7) is 2.79. The van der Waals surface area contributed by atoms with Crippen molar-refractivity contribution in [2.75, 3.05) is 5.75 Å². The Labute approximate surface area is 111 Å². The van der Waals surface area contributed by atoms with Crippen molar-refractivity contribution in [3.05, 3.63) is 29.8 Å². The van der Waals surface area contributed by atoms with Gasteiger partial charge in [0.2, 0.25) is 0 Å². The molecule has 1 aromatic rings. The van der Waals surface area contributed by atoms with E-state index >= 15 is 0 Å². The van der Waals surface area contributed by atoms with Gasteiger partial charge in [-0.2, -0.15) is 0 Å². The second-order valence-corrected chi connectivity index (χ2v) is 6.10. The van der Waals surface area contributed by atoms with Crippen LogP contribution in [0.5, 0.6) is 0 Å². The smallest absolute Gasteiger partial charge is 0.340 e. The van der Waals surface area contributed by atoms with E-state index in [1.807, 2.05) is 0 Å². The molecule has 1 amide bonds. The van der Waals surface area contributed by atoms with Crippen LogP contribution in [0.3, 0.4) is 0 Å². The predicted octanol–water partition coefficient (Wildman–Crippen LogP) is 0.511. The Balaban J connectivity index is 3.15. The van der Waals surface area contributed by atoms with Crippen LogP contribution >= 0.6 is 0 Å². The largest absolute Gasteiger partial charge is 0.449 e. The fraction of sp³-hybridized carbons (Fsp3) is 0.333. The first kappa shape index (κ1) is 15.2. The topological polar surface area (TPSA) is 104 Å². The lowest BCUT2D eigenvalue weighted by molar-refractivity contribution is -0.125. The van der Waals surface area contributed by atoms with E-state index in [2.05, 4.69) is 0 Å². The van der Waals surface area contributed by atoms with E-state index in [4.69, 9.17) is 10.5 Å². The van der Waals surface area contributed by atoms with Crippen LogP contribution in [0.2, 0.25) is 0 Å². The van der Waals surface area contributed by atoms with Crippen LogP contribution < -0.4 is 5.73 Å². The molecule has 0 aliphatic carbocycles. The van der Waals surface area contributed by atoms with Gasteiger partial charge in [0.05, 0.1) is 16.2 Å². The van der Waals surface area contributed by atoms with Crippen LogP contribution in [0.15, 0.2) is 29.2 Å². The number of benzene rings is 1. The van der Waals surface area contributed by atoms with Gasteiger partial charge in [0.25, 0.3) is 5.91 Å². The first-order valence-corrected chi connectivity index (χ1v) is 7.27. The number of sulfone groups is 1. The zero-order valence-electron chi connectivity index (χ0n) is 10.6. The summed E-state index contributed by atoms with van der Waals surface area (Å²) in [5.41, 5.74) is 4.88. The molecule has 0 saturated heterocycles. The van der Waals surface area contributed by atoms with Crippen LogP contribution in [0.25, 0.3) is 0 Å². The Bertz CT molecular complexity index is 594. The first-order valence-electron chi connectivity index (χ1n) is 5.61. The normalized spacial score (nSPS) is 12.7. The molecular formula is C12H15NO5S. The van der Waals surface area contributed by atoms with Gasteiger partial charge in [0.15, 0.2) is 15.9 Å². The third kappa shape index (κ3) is 3.54. The van der Waals surface area contributed by atoms with Gasteiger partial charge in [0.1, 0.15) is 0 Å². The first-order chi connectivity index (χ1) is 8.79. The van der Waals surface area contributed by atoms with Gasteiger partial charge in [-0.3, -0.25) is 4.79 Å². The van der Waals surface area contributed by atoms with Crippen molar-refractivity contribution in [1.29, 1.82) is 0 Å². The molecule has 1 atom stereocenters. The van der Waals surface area contributed by atoms with Gasteiger partial charge in [-0.05, 0) is 19.1 Å². The van der Waals surface area contributed by atoms with Crippen LogP contribution in [0.4, 0.5) is 0 Å². The zero-order valence-corrected chi connectivity index (χ0v) is 11.4. The number of nitrogens with two attached hydrogens (primary N) is 1. The summed E-state index contributed by atoms with van der Waals surface area (Å²) in [5, 5.41) is 0. The molecule has 0 heterocycles. The van der Waals surface area contributed by atoms with Gasteiger partial charge in [-0.1, -0.05) is 19.1 Å². The standard InChI is InChI=1S/C12H15NO5S/c1-3-19(16,17)10-7-5-4-6-9(10)12(15)18-8(2)11(13)14/h4-8H,3H2,1-2H3,(H2,13,14)/t8-/m1/s1. The number of primary amides is 1. The number of amides is 1. The predicted molar refractivity (Wildman–Crippen MR) is 68.2 cm³/mol. The van der Waals surface area contributed by atoms with Gasteiger partial charge in [-0.15, -0.1) is 0 Å². The fourth-order valence-corrected chi connectivity index (χ4v) is 2.43. The fourth-order valence-electron chi connectivity index (χ4n) is 1.34. The molecule has 19 heavy (non-hydrogen) atoms. The molecule has 0 fully saturated rings. The average Bonchev–Trinajstić information content (AvgIpc) is 2.38. The number of hydrogen-bond donors (Lipinski definition) is 1. The molecule has 0 aliphatic heterocycles. The summed E-state index contributed by atoms with van der Waals surface area (Å²) >= 11 is 0. The van der Waals surface area contributed by atoms with Crippen LogP contribution in [-0.2, 0) is 19.4 Å². The molecule has 0 spiro atoms. The average molecular weight is 285 g/mol. The Morgan fingerprint density at radius 2 is 1.89 bits per heavy atom. The summed E-state index contributed by atoms with van der Waals surface area (Å²) in [7, 11) is -3.55. The van der Waals surface area contributed by atoms with Crippen molar-refractivity contribution >= 4 is 21.7 Å². The molecule has 2 N–H and O–H groups in total. The number of carbonyl (C=O) groups is 2. The maximum Gasteiger partial charge on any atom is 0.340 e. The van der Waals surface area contributed by atoms with E-state index in [0.717, 1.165) is 0 Å². The highest BCUT2D eigenvalue weighted by Gasteiger charge is 2.23. The molecule has 0 aliphatic rings. The molecule has 1 rings (SSSR count). The minimum absolute atomic E-state index is 0.0996. The lowest BCUT2D eigenvalue weighted by atomic mass is 10.2. The Hall–Kier alpha value is -1.89. The molecule has 0 unspecified atom stereocenters. The third-order valence-electron chi connectivity index (χ3n) is 2.51. The maximum atomic E-state index is 11.8. The van der Waals surface area contributed by atoms with Crippen LogP contribution in [0.1, 0.15) is 24.2 Å². The molecule has 0 saturated carbocycles. The zero-order chi connectivity index (χ0) is 14.6. The maximum absolute atomic E-state index is 11.8. The summed E-state index contributed by atoms with van der Waals surface area (Å²) in [5.74, 6) is -1.83. The van der Waals surface area contributed by atoms with Crippen molar-refractivity contribution in [3.8, 4) is 0 Å². The minimum atomic E-state index is -3.55. The van der Waals surface area contributed by atoms with Gasteiger partial charge in [0, 0.05) is 0 Å². The van der Waals surface area contributed by atoms with Crippen molar-refractivity contribution in [1.82, 2.24) is 0 Å². The number of carbonyl (C=O) groups excluding carboxylic acids is 2. The molecule has 1 aromatic carbocycles. The van der Waals surface area contributed by atoms with E-state index in [0.29, 0.717) is 0 Å². The second kappa shape index (κ2) is 5.83. The van der Waals surface area contributed by atoms with E-state index in [-0.39, 0.29) is 16.2 Å². The monoisotopic (exact) mass is 285 g/mol. The Morgan fingerprint density at radius 1 is 1.32 bits per heavy atom. The summed E-state index contributed by atoms with van der Waals surface area (Å²) < 4.78 is 28.5. The van der Waals surface area contributed by atoms with Gasteiger partial charge in [-0.25, -0.2) is 13.2 Å². The molecule has 0 bridgehead atoms. The summed E-state index contributed by atoms with van der Waals surface area (Å²) in [6, 6.07) is 5.68.